The van der Waals surface area contributed by atoms with Crippen molar-refractivity contribution in [2.75, 3.05) is 26.0 Å². The molecule has 7 nitrogen and oxygen atoms in total. The monoisotopic (exact) mass is 485 g/mol. The zero-order valence-corrected chi connectivity index (χ0v) is 20.9. The van der Waals surface area contributed by atoms with Crippen LogP contribution in [0.25, 0.3) is 0 Å². The molecule has 0 saturated heterocycles. The maximum atomic E-state index is 13.0. The summed E-state index contributed by atoms with van der Waals surface area (Å²) in [5.41, 5.74) is 1.74. The largest absolute Gasteiger partial charge is 0.497 e. The minimum absolute atomic E-state index is 0.0669. The van der Waals surface area contributed by atoms with E-state index in [4.69, 9.17) is 4.74 Å². The summed E-state index contributed by atoms with van der Waals surface area (Å²) in [6.07, 6.45) is 7.36. The van der Waals surface area contributed by atoms with Crippen molar-refractivity contribution in [1.29, 1.82) is 0 Å². The summed E-state index contributed by atoms with van der Waals surface area (Å²) in [7, 11) is -0.219. The number of methoxy groups -OCH3 is 1. The first-order valence-corrected chi connectivity index (χ1v) is 13.6. The van der Waals surface area contributed by atoms with E-state index >= 15 is 0 Å². The molecule has 4 rings (SSSR count). The first-order chi connectivity index (χ1) is 16.4. The maximum Gasteiger partial charge on any atom is 0.243 e. The summed E-state index contributed by atoms with van der Waals surface area (Å²) < 4.78 is 32.8. The Bertz CT molecular complexity index is 1060. The number of nitrogens with zero attached hydrogens (tertiary/aromatic N) is 2. The van der Waals surface area contributed by atoms with Crippen LogP contribution in [0.3, 0.4) is 0 Å². The summed E-state index contributed by atoms with van der Waals surface area (Å²) in [5.74, 6) is 0.713. The van der Waals surface area contributed by atoms with E-state index in [2.05, 4.69) is 10.2 Å². The highest BCUT2D eigenvalue weighted by molar-refractivity contribution is 7.89. The average Bonchev–Trinajstić information content (AvgIpc) is 3.70. The van der Waals surface area contributed by atoms with Gasteiger partial charge < -0.3 is 10.1 Å². The smallest absolute Gasteiger partial charge is 0.243 e. The van der Waals surface area contributed by atoms with E-state index in [1.165, 1.54) is 10.7 Å². The first kappa shape index (κ1) is 24.7. The Morgan fingerprint density at radius 1 is 0.941 bits per heavy atom. The first-order valence-electron chi connectivity index (χ1n) is 12.1. The van der Waals surface area contributed by atoms with Gasteiger partial charge in [-0.3, -0.25) is 9.69 Å². The summed E-state index contributed by atoms with van der Waals surface area (Å²) in [5, 5.41) is 2.92. The van der Waals surface area contributed by atoms with Crippen LogP contribution in [0, 0.1) is 0 Å². The zero-order valence-electron chi connectivity index (χ0n) is 20.1. The van der Waals surface area contributed by atoms with Gasteiger partial charge in [0, 0.05) is 31.4 Å². The van der Waals surface area contributed by atoms with Crippen LogP contribution in [0.15, 0.2) is 53.4 Å². The van der Waals surface area contributed by atoms with Gasteiger partial charge >= 0.3 is 0 Å². The molecule has 1 amide bonds. The second-order valence-corrected chi connectivity index (χ2v) is 11.4. The highest BCUT2D eigenvalue weighted by atomic mass is 32.2. The third kappa shape index (κ3) is 6.17. The van der Waals surface area contributed by atoms with Crippen LogP contribution in [-0.4, -0.2) is 56.3 Å². The van der Waals surface area contributed by atoms with E-state index in [0.717, 1.165) is 49.8 Å². The molecule has 2 aliphatic carbocycles. The molecule has 2 fully saturated rings. The molecular weight excluding hydrogens is 450 g/mol. The Kier molecular flexibility index (Phi) is 7.91. The van der Waals surface area contributed by atoms with Crippen LogP contribution in [-0.2, 0) is 21.4 Å². The number of amides is 1. The van der Waals surface area contributed by atoms with Gasteiger partial charge in [-0.15, -0.1) is 0 Å². The number of anilines is 1. The number of nitrogens with one attached hydrogen (secondary N) is 1. The van der Waals surface area contributed by atoms with Crippen molar-refractivity contribution in [3.8, 4) is 5.75 Å². The molecule has 8 heteroatoms. The fraction of sp³-hybridized carbons (Fsp3) is 0.500. The molecule has 0 heterocycles. The molecule has 1 N–H and O–H groups in total. The van der Waals surface area contributed by atoms with Crippen LogP contribution >= 0.6 is 0 Å². The molecule has 0 unspecified atom stereocenters. The molecule has 0 spiro atoms. The molecule has 0 aliphatic heterocycles. The Hall–Kier alpha value is -2.42. The lowest BCUT2D eigenvalue weighted by Gasteiger charge is -2.30. The molecule has 2 aliphatic rings. The van der Waals surface area contributed by atoms with Crippen LogP contribution in [0.5, 0.6) is 5.75 Å². The van der Waals surface area contributed by atoms with Crippen molar-refractivity contribution in [3.63, 3.8) is 0 Å². The summed E-state index contributed by atoms with van der Waals surface area (Å²) in [4.78, 5) is 15.2. The van der Waals surface area contributed by atoms with Gasteiger partial charge in [0.2, 0.25) is 15.9 Å². The fourth-order valence-electron chi connectivity index (χ4n) is 4.62. The van der Waals surface area contributed by atoms with Crippen molar-refractivity contribution < 1.29 is 17.9 Å². The van der Waals surface area contributed by atoms with E-state index < -0.39 is 10.0 Å². The van der Waals surface area contributed by atoms with E-state index in [-0.39, 0.29) is 16.8 Å². The number of sulfonamides is 1. The van der Waals surface area contributed by atoms with Gasteiger partial charge in [-0.25, -0.2) is 8.42 Å². The predicted octanol–water partition coefficient (Wildman–Crippen LogP) is 4.25. The molecular formula is C26H35N3O4S. The molecule has 2 aromatic rings. The average molecular weight is 486 g/mol. The summed E-state index contributed by atoms with van der Waals surface area (Å²) >= 11 is 0. The van der Waals surface area contributed by atoms with E-state index in [1.54, 1.807) is 38.4 Å². The quantitative estimate of drug-likeness (QED) is 0.544. The number of carbonyl (C=O) groups is 1. The number of benzene rings is 2. The molecule has 34 heavy (non-hydrogen) atoms. The normalized spacial score (nSPS) is 17.2. The number of hydrogen-bond donors (Lipinski definition) is 1. The SMILES string of the molecule is COc1ccc(CN(CC(=O)Nc2ccc(S(=O)(=O)N(C)C3CCCCC3)cc2)C2CC2)cc1. The van der Waals surface area contributed by atoms with Crippen molar-refractivity contribution in [2.24, 2.45) is 0 Å². The highest BCUT2D eigenvalue weighted by Crippen LogP contribution is 2.29. The Morgan fingerprint density at radius 3 is 2.18 bits per heavy atom. The van der Waals surface area contributed by atoms with Crippen LogP contribution in [0.4, 0.5) is 5.69 Å². The minimum atomic E-state index is -3.54. The summed E-state index contributed by atoms with van der Waals surface area (Å²) in [6.45, 7) is 0.994. The van der Waals surface area contributed by atoms with Gasteiger partial charge in [-0.2, -0.15) is 4.31 Å². The van der Waals surface area contributed by atoms with Crippen LogP contribution in [0.2, 0.25) is 0 Å². The third-order valence-corrected chi connectivity index (χ3v) is 8.78. The number of hydrogen-bond acceptors (Lipinski definition) is 5. The van der Waals surface area contributed by atoms with Gasteiger partial charge in [0.15, 0.2) is 0 Å². The maximum absolute atomic E-state index is 13.0. The van der Waals surface area contributed by atoms with Crippen molar-refractivity contribution in [1.82, 2.24) is 9.21 Å². The van der Waals surface area contributed by atoms with Crippen LogP contribution in [0.1, 0.15) is 50.5 Å². The molecule has 0 bridgehead atoms. The zero-order chi connectivity index (χ0) is 24.1. The van der Waals surface area contributed by atoms with Crippen molar-refractivity contribution >= 4 is 21.6 Å². The van der Waals surface area contributed by atoms with Crippen LogP contribution < -0.4 is 10.1 Å². The van der Waals surface area contributed by atoms with Gasteiger partial charge in [0.1, 0.15) is 5.75 Å². The lowest BCUT2D eigenvalue weighted by Crippen LogP contribution is -2.38. The Labute approximate surface area is 203 Å². The predicted molar refractivity (Wildman–Crippen MR) is 133 cm³/mol. The van der Waals surface area contributed by atoms with E-state index in [1.807, 2.05) is 24.3 Å². The Morgan fingerprint density at radius 2 is 1.59 bits per heavy atom. The standard InChI is InChI=1S/C26H35N3O4S/c1-28(22-6-4-3-5-7-22)34(31,32)25-16-10-21(11-17-25)27-26(30)19-29(23-12-13-23)18-20-8-14-24(33-2)15-9-20/h8-11,14-17,22-23H,3-7,12-13,18-19H2,1-2H3,(H,27,30). The number of rotatable bonds is 10. The molecule has 0 atom stereocenters. The summed E-state index contributed by atoms with van der Waals surface area (Å²) in [6, 6.07) is 14.9. The Balaban J connectivity index is 1.35. The second kappa shape index (κ2) is 10.9. The van der Waals surface area contributed by atoms with Gasteiger partial charge in [-0.1, -0.05) is 31.4 Å². The van der Waals surface area contributed by atoms with Gasteiger partial charge in [0.25, 0.3) is 0 Å². The van der Waals surface area contributed by atoms with Gasteiger partial charge in [-0.05, 0) is 67.6 Å². The highest BCUT2D eigenvalue weighted by Gasteiger charge is 2.31. The van der Waals surface area contributed by atoms with E-state index in [0.29, 0.717) is 24.8 Å². The number of carbonyl (C=O) groups excluding carboxylic acids is 1. The van der Waals surface area contributed by atoms with E-state index in [9.17, 15) is 13.2 Å². The fourth-order valence-corrected chi connectivity index (χ4v) is 6.04. The lowest BCUT2D eigenvalue weighted by molar-refractivity contribution is -0.117. The number of ether oxygens (including phenoxy) is 1. The molecule has 0 aromatic heterocycles. The third-order valence-electron chi connectivity index (χ3n) is 6.86. The minimum Gasteiger partial charge on any atom is -0.497 e. The molecule has 184 valence electrons. The lowest BCUT2D eigenvalue weighted by atomic mass is 9.96. The van der Waals surface area contributed by atoms with Gasteiger partial charge in [0.05, 0.1) is 18.6 Å². The molecule has 2 aromatic carbocycles. The second-order valence-electron chi connectivity index (χ2n) is 9.37. The molecule has 0 radical (unpaired) electrons. The molecule has 2 saturated carbocycles. The topological polar surface area (TPSA) is 79.0 Å². The van der Waals surface area contributed by atoms with Crippen molar-refractivity contribution in [2.45, 2.75) is 68.5 Å². The van der Waals surface area contributed by atoms with Crippen molar-refractivity contribution in [3.05, 3.63) is 54.1 Å².